The molecule has 0 saturated heterocycles. The van der Waals surface area contributed by atoms with E-state index in [0.29, 0.717) is 12.8 Å². The predicted molar refractivity (Wildman–Crippen MR) is 92.5 cm³/mol. The molecule has 0 bridgehead atoms. The Morgan fingerprint density at radius 2 is 2.12 bits per heavy atom. The molecule has 1 heterocycles. The largest absolute Gasteiger partial charge is 0.389 e. The molecule has 0 aliphatic heterocycles. The molecular weight excluding hydrogens is 321 g/mol. The first-order valence-corrected chi connectivity index (χ1v) is 8.76. The normalized spacial score (nSPS) is 23.4. The number of carbonyl (C=O) groups is 1. The fourth-order valence-electron chi connectivity index (χ4n) is 3.54. The van der Waals surface area contributed by atoms with Crippen molar-refractivity contribution in [1.82, 2.24) is 14.9 Å². The van der Waals surface area contributed by atoms with Crippen LogP contribution in [0.5, 0.6) is 0 Å². The highest BCUT2D eigenvalue weighted by atomic mass is 19.1. The summed E-state index contributed by atoms with van der Waals surface area (Å²) >= 11 is 0. The molecule has 6 heteroatoms. The number of halogens is 1. The maximum atomic E-state index is 12.9. The van der Waals surface area contributed by atoms with Crippen LogP contribution >= 0.6 is 0 Å². The number of aliphatic hydroxyl groups is 1. The summed E-state index contributed by atoms with van der Waals surface area (Å²) in [4.78, 5) is 16.5. The molecule has 3 atom stereocenters. The third kappa shape index (κ3) is 4.25. The van der Waals surface area contributed by atoms with Crippen LogP contribution in [-0.2, 0) is 11.2 Å². The quantitative estimate of drug-likeness (QED) is 0.875. The van der Waals surface area contributed by atoms with Crippen LogP contribution in [0.4, 0.5) is 4.39 Å². The van der Waals surface area contributed by atoms with Crippen LogP contribution in [-0.4, -0.2) is 32.7 Å². The van der Waals surface area contributed by atoms with Crippen LogP contribution < -0.4 is 5.32 Å². The van der Waals surface area contributed by atoms with Gasteiger partial charge in [-0.2, -0.15) is 0 Å². The Balaban J connectivity index is 1.55. The van der Waals surface area contributed by atoms with Crippen LogP contribution in [0, 0.1) is 12.7 Å². The molecule has 134 valence electrons. The highest BCUT2D eigenvalue weighted by Crippen LogP contribution is 2.30. The van der Waals surface area contributed by atoms with Gasteiger partial charge in [0, 0.05) is 18.8 Å². The van der Waals surface area contributed by atoms with E-state index in [-0.39, 0.29) is 23.8 Å². The number of imidazole rings is 1. The number of aliphatic hydroxyl groups excluding tert-OH is 1. The number of benzene rings is 1. The molecule has 0 radical (unpaired) electrons. The van der Waals surface area contributed by atoms with Gasteiger partial charge in [0.15, 0.2) is 0 Å². The van der Waals surface area contributed by atoms with E-state index in [1.54, 1.807) is 18.3 Å². The molecule has 2 N–H and O–H groups in total. The zero-order valence-corrected chi connectivity index (χ0v) is 14.4. The van der Waals surface area contributed by atoms with E-state index >= 15 is 0 Å². The van der Waals surface area contributed by atoms with E-state index in [9.17, 15) is 14.3 Å². The van der Waals surface area contributed by atoms with Crippen LogP contribution in [0.1, 0.15) is 43.1 Å². The zero-order valence-electron chi connectivity index (χ0n) is 14.4. The summed E-state index contributed by atoms with van der Waals surface area (Å²) in [5.41, 5.74) is 0.924. The van der Waals surface area contributed by atoms with Crippen LogP contribution in [0.2, 0.25) is 0 Å². The molecule has 1 aliphatic rings. The number of carbonyl (C=O) groups excluding carboxylic acids is 1. The standard InChI is InChI=1S/C19H24FN3O2/c1-13-21-11-12-23(13)17-4-2-3-16(19(17)25)22-18(24)10-7-14-5-8-15(20)9-6-14/h5-6,8-9,11-12,16-17,19,25H,2-4,7,10H2,1H3,(H,22,24)/t16-,17-,19-/m1/s1. The van der Waals surface area contributed by atoms with Crippen molar-refractivity contribution in [3.63, 3.8) is 0 Å². The number of hydrogen-bond acceptors (Lipinski definition) is 3. The SMILES string of the molecule is Cc1nccn1[C@@H]1CCC[C@@H](NC(=O)CCc2ccc(F)cc2)[C@H]1O. The Bertz CT molecular complexity index is 714. The molecule has 1 amide bonds. The van der Waals surface area contributed by atoms with E-state index in [4.69, 9.17) is 0 Å². The van der Waals surface area contributed by atoms with Crippen molar-refractivity contribution in [2.24, 2.45) is 0 Å². The zero-order chi connectivity index (χ0) is 17.8. The lowest BCUT2D eigenvalue weighted by atomic mass is 9.87. The molecule has 1 saturated carbocycles. The topological polar surface area (TPSA) is 67.2 Å². The van der Waals surface area contributed by atoms with E-state index in [2.05, 4.69) is 10.3 Å². The van der Waals surface area contributed by atoms with Crippen molar-refractivity contribution in [2.75, 3.05) is 0 Å². The van der Waals surface area contributed by atoms with Crippen LogP contribution in [0.3, 0.4) is 0 Å². The molecule has 0 unspecified atom stereocenters. The first-order valence-electron chi connectivity index (χ1n) is 8.76. The fourth-order valence-corrected chi connectivity index (χ4v) is 3.54. The Labute approximate surface area is 146 Å². The number of nitrogens with one attached hydrogen (secondary N) is 1. The molecule has 1 aromatic heterocycles. The van der Waals surface area contributed by atoms with Crippen LogP contribution in [0.15, 0.2) is 36.7 Å². The van der Waals surface area contributed by atoms with Gasteiger partial charge in [0.2, 0.25) is 5.91 Å². The molecule has 0 spiro atoms. The molecule has 1 aliphatic carbocycles. The summed E-state index contributed by atoms with van der Waals surface area (Å²) in [6.45, 7) is 1.91. The average Bonchev–Trinajstić information content (AvgIpc) is 3.02. The fraction of sp³-hybridized carbons (Fsp3) is 0.474. The summed E-state index contributed by atoms with van der Waals surface area (Å²) in [7, 11) is 0. The van der Waals surface area contributed by atoms with Gasteiger partial charge in [0.05, 0.1) is 18.2 Å². The maximum Gasteiger partial charge on any atom is 0.220 e. The second-order valence-corrected chi connectivity index (χ2v) is 6.67. The molecule has 2 aromatic rings. The Kier molecular flexibility index (Phi) is 5.48. The first kappa shape index (κ1) is 17.6. The molecule has 1 fully saturated rings. The van der Waals surface area contributed by atoms with Gasteiger partial charge in [-0.05, 0) is 50.3 Å². The van der Waals surface area contributed by atoms with Gasteiger partial charge in [-0.3, -0.25) is 4.79 Å². The van der Waals surface area contributed by atoms with Gasteiger partial charge < -0.3 is 15.0 Å². The number of nitrogens with zero attached hydrogens (tertiary/aromatic N) is 2. The second kappa shape index (κ2) is 7.78. The van der Waals surface area contributed by atoms with Crippen molar-refractivity contribution in [2.45, 2.75) is 57.2 Å². The predicted octanol–water partition coefficient (Wildman–Crippen LogP) is 2.53. The maximum absolute atomic E-state index is 12.9. The smallest absolute Gasteiger partial charge is 0.220 e. The summed E-state index contributed by atoms with van der Waals surface area (Å²) < 4.78 is 14.9. The third-order valence-corrected chi connectivity index (χ3v) is 4.94. The van der Waals surface area contributed by atoms with E-state index in [0.717, 1.165) is 30.7 Å². The third-order valence-electron chi connectivity index (χ3n) is 4.94. The van der Waals surface area contributed by atoms with Gasteiger partial charge >= 0.3 is 0 Å². The number of rotatable bonds is 5. The number of hydrogen-bond donors (Lipinski definition) is 2. The Morgan fingerprint density at radius 3 is 2.80 bits per heavy atom. The number of aryl methyl sites for hydroxylation is 2. The van der Waals surface area contributed by atoms with Crippen molar-refractivity contribution >= 4 is 5.91 Å². The second-order valence-electron chi connectivity index (χ2n) is 6.67. The van der Waals surface area contributed by atoms with Crippen molar-refractivity contribution < 1.29 is 14.3 Å². The number of amides is 1. The van der Waals surface area contributed by atoms with Crippen molar-refractivity contribution in [1.29, 1.82) is 0 Å². The van der Waals surface area contributed by atoms with Gasteiger partial charge in [-0.1, -0.05) is 12.1 Å². The minimum absolute atomic E-state index is 0.0568. The molecule has 3 rings (SSSR count). The minimum atomic E-state index is -0.628. The molecular formula is C19H24FN3O2. The van der Waals surface area contributed by atoms with Gasteiger partial charge in [-0.25, -0.2) is 9.37 Å². The lowest BCUT2D eigenvalue weighted by Crippen LogP contribution is -2.49. The highest BCUT2D eigenvalue weighted by Gasteiger charge is 2.34. The van der Waals surface area contributed by atoms with Gasteiger partial charge in [0.25, 0.3) is 0 Å². The molecule has 1 aromatic carbocycles. The van der Waals surface area contributed by atoms with Gasteiger partial charge in [0.1, 0.15) is 11.6 Å². The van der Waals surface area contributed by atoms with Gasteiger partial charge in [-0.15, -0.1) is 0 Å². The van der Waals surface area contributed by atoms with Crippen molar-refractivity contribution in [3.8, 4) is 0 Å². The molecule has 5 nitrogen and oxygen atoms in total. The van der Waals surface area contributed by atoms with Crippen molar-refractivity contribution in [3.05, 3.63) is 53.9 Å². The summed E-state index contributed by atoms with van der Waals surface area (Å²) in [6.07, 6.45) is 6.45. The summed E-state index contributed by atoms with van der Waals surface area (Å²) in [5.74, 6) is 0.503. The number of aromatic nitrogens is 2. The monoisotopic (exact) mass is 345 g/mol. The lowest BCUT2D eigenvalue weighted by molar-refractivity contribution is -0.123. The first-order chi connectivity index (χ1) is 12.0. The van der Waals surface area contributed by atoms with E-state index < -0.39 is 6.10 Å². The Hall–Kier alpha value is -2.21. The summed E-state index contributed by atoms with van der Waals surface area (Å²) in [6, 6.07) is 5.87. The minimum Gasteiger partial charge on any atom is -0.389 e. The lowest BCUT2D eigenvalue weighted by Gasteiger charge is -2.36. The van der Waals surface area contributed by atoms with Crippen LogP contribution in [0.25, 0.3) is 0 Å². The average molecular weight is 345 g/mol. The summed E-state index contributed by atoms with van der Waals surface area (Å²) in [5, 5.41) is 13.6. The van der Waals surface area contributed by atoms with E-state index in [1.165, 1.54) is 12.1 Å². The highest BCUT2D eigenvalue weighted by molar-refractivity contribution is 5.76. The molecule has 25 heavy (non-hydrogen) atoms. The van der Waals surface area contributed by atoms with E-state index in [1.807, 2.05) is 17.7 Å². The Morgan fingerprint density at radius 1 is 1.36 bits per heavy atom.